The van der Waals surface area contributed by atoms with Gasteiger partial charge in [0.05, 0.1) is 11.0 Å². The molecule has 1 aromatic carbocycles. The van der Waals surface area contributed by atoms with Crippen LogP contribution in [0.4, 0.5) is 10.1 Å². The Labute approximate surface area is 121 Å². The van der Waals surface area contributed by atoms with Gasteiger partial charge in [-0.05, 0) is 24.8 Å². The van der Waals surface area contributed by atoms with Crippen molar-refractivity contribution < 1.29 is 14.1 Å². The van der Waals surface area contributed by atoms with Crippen LogP contribution < -0.4 is 11.1 Å². The van der Waals surface area contributed by atoms with Gasteiger partial charge in [-0.15, -0.1) is 0 Å². The van der Waals surface area contributed by atoms with E-state index in [0.717, 1.165) is 43.9 Å². The summed E-state index contributed by atoms with van der Waals surface area (Å²) in [4.78, 5) is 22.1. The third-order valence-electron chi connectivity index (χ3n) is 3.89. The van der Waals surface area contributed by atoms with Gasteiger partial charge < -0.3 is 11.1 Å². The van der Waals surface area contributed by atoms with Crippen molar-refractivity contribution in [3.8, 4) is 0 Å². The lowest BCUT2D eigenvalue weighted by molar-refractivity contribution is -0.385. The van der Waals surface area contributed by atoms with E-state index in [2.05, 4.69) is 5.32 Å². The molecule has 3 N–H and O–H groups in total. The molecule has 1 aliphatic rings. The van der Waals surface area contributed by atoms with E-state index in [1.807, 2.05) is 0 Å². The first-order valence-corrected chi connectivity index (χ1v) is 6.97. The zero-order valence-corrected chi connectivity index (χ0v) is 11.5. The summed E-state index contributed by atoms with van der Waals surface area (Å²) < 4.78 is 13.4. The highest BCUT2D eigenvalue weighted by molar-refractivity contribution is 5.95. The van der Waals surface area contributed by atoms with E-state index in [0.29, 0.717) is 12.5 Å². The van der Waals surface area contributed by atoms with Crippen LogP contribution in [0.25, 0.3) is 0 Å². The SMILES string of the molecule is NCC(NC(=O)c1cc(F)cc([N+](=O)[O-])c1)C1CCCC1. The molecular formula is C14H18FN3O3. The molecule has 0 heterocycles. The summed E-state index contributed by atoms with van der Waals surface area (Å²) >= 11 is 0. The standard InChI is InChI=1S/C14H18FN3O3/c15-11-5-10(6-12(7-11)18(20)21)14(19)17-13(8-16)9-3-1-2-4-9/h5-7,9,13H,1-4,8,16H2,(H,17,19). The van der Waals surface area contributed by atoms with Gasteiger partial charge in [0.25, 0.3) is 11.6 Å². The van der Waals surface area contributed by atoms with Crippen LogP contribution in [0.3, 0.4) is 0 Å². The number of hydrogen-bond donors (Lipinski definition) is 2. The number of nitrogens with zero attached hydrogens (tertiary/aromatic N) is 1. The van der Waals surface area contributed by atoms with Crippen LogP contribution in [0.15, 0.2) is 18.2 Å². The Morgan fingerprint density at radius 1 is 1.43 bits per heavy atom. The Kier molecular flexibility index (Phi) is 4.85. The van der Waals surface area contributed by atoms with Crippen LogP contribution in [0, 0.1) is 21.8 Å². The molecule has 6 nitrogen and oxygen atoms in total. The van der Waals surface area contributed by atoms with E-state index < -0.39 is 22.3 Å². The second-order valence-electron chi connectivity index (χ2n) is 5.32. The fourth-order valence-electron chi connectivity index (χ4n) is 2.79. The molecular weight excluding hydrogens is 277 g/mol. The lowest BCUT2D eigenvalue weighted by Crippen LogP contribution is -2.44. The maximum absolute atomic E-state index is 13.4. The van der Waals surface area contributed by atoms with Crippen LogP contribution in [0.5, 0.6) is 0 Å². The third-order valence-corrected chi connectivity index (χ3v) is 3.89. The van der Waals surface area contributed by atoms with Crippen molar-refractivity contribution in [1.82, 2.24) is 5.32 Å². The van der Waals surface area contributed by atoms with Gasteiger partial charge >= 0.3 is 0 Å². The Bertz CT molecular complexity index is 544. The lowest BCUT2D eigenvalue weighted by Gasteiger charge is -2.23. The molecule has 1 unspecified atom stereocenters. The number of nitro benzene ring substituents is 1. The number of benzene rings is 1. The molecule has 21 heavy (non-hydrogen) atoms. The molecule has 0 aromatic heterocycles. The predicted molar refractivity (Wildman–Crippen MR) is 75.3 cm³/mol. The summed E-state index contributed by atoms with van der Waals surface area (Å²) in [5, 5.41) is 13.5. The average Bonchev–Trinajstić information content (AvgIpc) is 2.97. The van der Waals surface area contributed by atoms with Crippen LogP contribution in [-0.2, 0) is 0 Å². The van der Waals surface area contributed by atoms with Crippen molar-refractivity contribution in [2.75, 3.05) is 6.54 Å². The Morgan fingerprint density at radius 3 is 2.67 bits per heavy atom. The number of carbonyl (C=O) groups excluding carboxylic acids is 1. The minimum absolute atomic E-state index is 0.0573. The fourth-order valence-corrected chi connectivity index (χ4v) is 2.79. The molecule has 114 valence electrons. The average molecular weight is 295 g/mol. The number of nitrogens with two attached hydrogens (primary N) is 1. The molecule has 0 radical (unpaired) electrons. The predicted octanol–water partition coefficient (Wildman–Crippen LogP) is 1.98. The summed E-state index contributed by atoms with van der Waals surface area (Å²) in [6, 6.07) is 2.67. The number of nitrogens with one attached hydrogen (secondary N) is 1. The summed E-state index contributed by atoms with van der Waals surface area (Å²) in [5.41, 5.74) is 5.19. The minimum Gasteiger partial charge on any atom is -0.348 e. The van der Waals surface area contributed by atoms with Gasteiger partial charge in [-0.1, -0.05) is 12.8 Å². The van der Waals surface area contributed by atoms with Gasteiger partial charge in [0.15, 0.2) is 0 Å². The van der Waals surface area contributed by atoms with Crippen molar-refractivity contribution in [3.63, 3.8) is 0 Å². The zero-order chi connectivity index (χ0) is 15.4. The zero-order valence-electron chi connectivity index (χ0n) is 11.5. The monoisotopic (exact) mass is 295 g/mol. The van der Waals surface area contributed by atoms with E-state index in [9.17, 15) is 19.3 Å². The second-order valence-corrected chi connectivity index (χ2v) is 5.32. The highest BCUT2D eigenvalue weighted by atomic mass is 19.1. The van der Waals surface area contributed by atoms with Crippen molar-refractivity contribution in [3.05, 3.63) is 39.7 Å². The smallest absolute Gasteiger partial charge is 0.273 e. The van der Waals surface area contributed by atoms with E-state index in [1.54, 1.807) is 0 Å². The summed E-state index contributed by atoms with van der Waals surface area (Å²) in [7, 11) is 0. The van der Waals surface area contributed by atoms with Crippen molar-refractivity contribution in [2.24, 2.45) is 11.7 Å². The van der Waals surface area contributed by atoms with Gasteiger partial charge in [-0.3, -0.25) is 14.9 Å². The van der Waals surface area contributed by atoms with Gasteiger partial charge in [-0.25, -0.2) is 4.39 Å². The van der Waals surface area contributed by atoms with E-state index >= 15 is 0 Å². The lowest BCUT2D eigenvalue weighted by atomic mass is 9.98. The first-order chi connectivity index (χ1) is 10.0. The Hall–Kier alpha value is -2.02. The first-order valence-electron chi connectivity index (χ1n) is 6.97. The maximum Gasteiger partial charge on any atom is 0.273 e. The van der Waals surface area contributed by atoms with Gasteiger partial charge in [0, 0.05) is 24.2 Å². The number of carbonyl (C=O) groups is 1. The van der Waals surface area contributed by atoms with Gasteiger partial charge in [0.2, 0.25) is 0 Å². The van der Waals surface area contributed by atoms with Crippen molar-refractivity contribution in [2.45, 2.75) is 31.7 Å². The highest BCUT2D eigenvalue weighted by Gasteiger charge is 2.26. The van der Waals surface area contributed by atoms with Crippen LogP contribution in [0.1, 0.15) is 36.0 Å². The second kappa shape index (κ2) is 6.62. The number of amides is 1. The van der Waals surface area contributed by atoms with Gasteiger partial charge in [-0.2, -0.15) is 0 Å². The number of halogens is 1. The van der Waals surface area contributed by atoms with Crippen molar-refractivity contribution in [1.29, 1.82) is 0 Å². The molecule has 7 heteroatoms. The molecule has 2 rings (SSSR count). The summed E-state index contributed by atoms with van der Waals surface area (Å²) in [6.45, 7) is 0.299. The molecule has 1 atom stereocenters. The molecule has 1 aromatic rings. The molecule has 0 aliphatic heterocycles. The molecule has 1 saturated carbocycles. The molecule has 1 aliphatic carbocycles. The number of non-ortho nitro benzene ring substituents is 1. The van der Waals surface area contributed by atoms with E-state index in [4.69, 9.17) is 5.73 Å². The molecule has 0 bridgehead atoms. The molecule has 0 saturated heterocycles. The minimum atomic E-state index is -0.806. The number of hydrogen-bond acceptors (Lipinski definition) is 4. The van der Waals surface area contributed by atoms with Crippen molar-refractivity contribution >= 4 is 11.6 Å². The Morgan fingerprint density at radius 2 is 2.10 bits per heavy atom. The molecule has 1 fully saturated rings. The van der Waals surface area contributed by atoms with Gasteiger partial charge in [0.1, 0.15) is 5.82 Å². The van der Waals surface area contributed by atoms with Crippen LogP contribution in [-0.4, -0.2) is 23.4 Å². The quantitative estimate of drug-likeness (QED) is 0.641. The fraction of sp³-hybridized carbons (Fsp3) is 0.500. The van der Waals surface area contributed by atoms with E-state index in [-0.39, 0.29) is 11.6 Å². The first kappa shape index (κ1) is 15.4. The number of nitro groups is 1. The summed E-state index contributed by atoms with van der Waals surface area (Å²) in [6.07, 6.45) is 4.24. The topological polar surface area (TPSA) is 98.3 Å². The van der Waals surface area contributed by atoms with Crippen LogP contribution in [0.2, 0.25) is 0 Å². The molecule has 0 spiro atoms. The van der Waals surface area contributed by atoms with E-state index in [1.165, 1.54) is 0 Å². The Balaban J connectivity index is 2.13. The molecule has 1 amide bonds. The summed E-state index contributed by atoms with van der Waals surface area (Å²) in [5.74, 6) is -1.01. The largest absolute Gasteiger partial charge is 0.348 e. The third kappa shape index (κ3) is 3.75. The number of rotatable bonds is 5. The highest BCUT2D eigenvalue weighted by Crippen LogP contribution is 2.27. The van der Waals surface area contributed by atoms with Crippen LogP contribution >= 0.6 is 0 Å². The normalized spacial score (nSPS) is 16.7. The maximum atomic E-state index is 13.4.